The minimum atomic E-state index is -4.10. The second kappa shape index (κ2) is 8.50. The molecule has 0 atom stereocenters. The zero-order chi connectivity index (χ0) is 21.0. The minimum Gasteiger partial charge on any atom is -0.300 e. The van der Waals surface area contributed by atoms with E-state index in [4.69, 9.17) is 0 Å². The van der Waals surface area contributed by atoms with Gasteiger partial charge in [-0.3, -0.25) is 14.3 Å². The van der Waals surface area contributed by atoms with Gasteiger partial charge in [-0.2, -0.15) is 8.42 Å². The van der Waals surface area contributed by atoms with Gasteiger partial charge < -0.3 is 5.32 Å². The lowest BCUT2D eigenvalue weighted by molar-refractivity contribution is -0.118. The van der Waals surface area contributed by atoms with Crippen molar-refractivity contribution in [1.29, 1.82) is 0 Å². The van der Waals surface area contributed by atoms with Crippen LogP contribution < -0.4 is 10.0 Å². The van der Waals surface area contributed by atoms with Crippen molar-refractivity contribution in [1.82, 2.24) is 10.2 Å². The molecule has 0 aliphatic rings. The van der Waals surface area contributed by atoms with Crippen molar-refractivity contribution in [3.8, 4) is 0 Å². The van der Waals surface area contributed by atoms with Gasteiger partial charge in [0.2, 0.25) is 11.0 Å². The van der Waals surface area contributed by atoms with Crippen molar-refractivity contribution in [2.24, 2.45) is 5.92 Å². The lowest BCUT2D eigenvalue weighted by Gasteiger charge is -2.10. The molecule has 0 unspecified atom stereocenters. The maximum absolute atomic E-state index is 12.8. The number of amides is 1. The first-order valence-corrected chi connectivity index (χ1v) is 10.9. The molecule has 3 aromatic rings. The lowest BCUT2D eigenvalue weighted by atomic mass is 10.0. The predicted octanol–water partition coefficient (Wildman–Crippen LogP) is 3.16. The monoisotopic (exact) mass is 430 g/mol. The average Bonchev–Trinajstić information content (AvgIpc) is 3.18. The normalized spacial score (nSPS) is 11.3. The van der Waals surface area contributed by atoms with E-state index in [0.29, 0.717) is 5.56 Å². The molecule has 1 amide bonds. The van der Waals surface area contributed by atoms with Crippen LogP contribution in [-0.4, -0.2) is 30.3 Å². The van der Waals surface area contributed by atoms with Crippen LogP contribution in [-0.2, 0) is 14.8 Å². The van der Waals surface area contributed by atoms with E-state index in [2.05, 4.69) is 20.2 Å². The Morgan fingerprint density at radius 2 is 1.62 bits per heavy atom. The Hall–Kier alpha value is -3.11. The molecule has 29 heavy (non-hydrogen) atoms. The van der Waals surface area contributed by atoms with E-state index >= 15 is 0 Å². The number of hydrogen-bond acceptors (Lipinski definition) is 7. The second-order valence-electron chi connectivity index (χ2n) is 6.36. The molecule has 1 heterocycles. The van der Waals surface area contributed by atoms with Crippen LogP contribution in [0.1, 0.15) is 29.8 Å². The summed E-state index contributed by atoms with van der Waals surface area (Å²) in [5.41, 5.74) is 0.776. The number of rotatable bonds is 7. The minimum absolute atomic E-state index is 0.0812. The van der Waals surface area contributed by atoms with Gasteiger partial charge in [-0.1, -0.05) is 67.6 Å². The maximum Gasteiger partial charge on any atom is 0.291 e. The molecule has 0 spiro atoms. The molecule has 0 bridgehead atoms. The fraction of sp³-hybridized carbons (Fsp3) is 0.158. The van der Waals surface area contributed by atoms with Gasteiger partial charge in [0.15, 0.2) is 5.78 Å². The number of sulfonamides is 1. The van der Waals surface area contributed by atoms with E-state index in [1.54, 1.807) is 62.4 Å². The van der Waals surface area contributed by atoms with Crippen LogP contribution >= 0.6 is 11.3 Å². The number of para-hydroxylation sites is 1. The molecule has 2 aromatic carbocycles. The summed E-state index contributed by atoms with van der Waals surface area (Å²) in [5.74, 6) is -0.893. The Labute approximate surface area is 172 Å². The van der Waals surface area contributed by atoms with Crippen molar-refractivity contribution in [3.63, 3.8) is 0 Å². The molecular weight excluding hydrogens is 412 g/mol. The SMILES string of the molecule is CC(C)C(=O)Nc1nnc(S(=O)(=O)Nc2ccccc2C(=O)c2ccccc2)s1. The Balaban J connectivity index is 1.86. The third kappa shape index (κ3) is 4.84. The standard InChI is InChI=1S/C19H18N4O4S2/c1-12(2)17(25)20-18-21-22-19(28-18)29(26,27)23-15-11-7-6-10-14(15)16(24)13-8-4-3-5-9-13/h3-12,23H,1-2H3,(H,20,21,25). The van der Waals surface area contributed by atoms with E-state index in [-0.39, 0.29) is 38.3 Å². The fourth-order valence-corrected chi connectivity index (χ4v) is 4.31. The van der Waals surface area contributed by atoms with Crippen LogP contribution in [0, 0.1) is 5.92 Å². The van der Waals surface area contributed by atoms with Crippen LogP contribution in [0.15, 0.2) is 58.9 Å². The molecule has 150 valence electrons. The highest BCUT2D eigenvalue weighted by atomic mass is 32.2. The molecule has 0 aliphatic heterocycles. The molecule has 0 radical (unpaired) electrons. The molecule has 0 saturated carbocycles. The number of benzene rings is 2. The molecule has 0 fully saturated rings. The molecular formula is C19H18N4O4S2. The number of ketones is 1. The number of carbonyl (C=O) groups excluding carboxylic acids is 2. The number of hydrogen-bond donors (Lipinski definition) is 2. The molecule has 0 saturated heterocycles. The smallest absolute Gasteiger partial charge is 0.291 e. The van der Waals surface area contributed by atoms with Crippen molar-refractivity contribution in [2.75, 3.05) is 10.0 Å². The summed E-state index contributed by atoms with van der Waals surface area (Å²) >= 11 is 0.726. The molecule has 2 N–H and O–H groups in total. The first-order valence-electron chi connectivity index (χ1n) is 8.64. The topological polar surface area (TPSA) is 118 Å². The highest BCUT2D eigenvalue weighted by Gasteiger charge is 2.24. The first-order chi connectivity index (χ1) is 13.8. The van der Waals surface area contributed by atoms with Gasteiger partial charge in [0, 0.05) is 17.0 Å². The summed E-state index contributed by atoms with van der Waals surface area (Å²) in [6.45, 7) is 3.41. The third-order valence-electron chi connectivity index (χ3n) is 3.84. The number of nitrogens with one attached hydrogen (secondary N) is 2. The van der Waals surface area contributed by atoms with Gasteiger partial charge in [0.25, 0.3) is 14.4 Å². The second-order valence-corrected chi connectivity index (χ2v) is 9.20. The fourth-order valence-electron chi connectivity index (χ4n) is 2.32. The number of aromatic nitrogens is 2. The summed E-state index contributed by atoms with van der Waals surface area (Å²) in [6, 6.07) is 14.9. The molecule has 1 aromatic heterocycles. The Morgan fingerprint density at radius 3 is 2.31 bits per heavy atom. The largest absolute Gasteiger partial charge is 0.300 e. The number of nitrogens with zero attached hydrogens (tertiary/aromatic N) is 2. The highest BCUT2D eigenvalue weighted by molar-refractivity contribution is 7.94. The molecule has 10 heteroatoms. The van der Waals surface area contributed by atoms with Gasteiger partial charge in [-0.25, -0.2) is 0 Å². The van der Waals surface area contributed by atoms with Gasteiger partial charge in [0.1, 0.15) is 0 Å². The van der Waals surface area contributed by atoms with Crippen LogP contribution in [0.2, 0.25) is 0 Å². The van der Waals surface area contributed by atoms with Crippen molar-refractivity contribution < 1.29 is 18.0 Å². The zero-order valence-corrected chi connectivity index (χ0v) is 17.3. The molecule has 8 nitrogen and oxygen atoms in total. The van der Waals surface area contributed by atoms with Crippen LogP contribution in [0.4, 0.5) is 10.8 Å². The van der Waals surface area contributed by atoms with E-state index in [1.165, 1.54) is 6.07 Å². The average molecular weight is 431 g/mol. The quantitative estimate of drug-likeness (QED) is 0.439. The van der Waals surface area contributed by atoms with Crippen molar-refractivity contribution >= 4 is 43.9 Å². The van der Waals surface area contributed by atoms with Crippen LogP contribution in [0.5, 0.6) is 0 Å². The predicted molar refractivity (Wildman–Crippen MR) is 111 cm³/mol. The summed E-state index contributed by atoms with van der Waals surface area (Å²) in [4.78, 5) is 24.5. The van der Waals surface area contributed by atoms with Crippen molar-refractivity contribution in [2.45, 2.75) is 18.2 Å². The lowest BCUT2D eigenvalue weighted by Crippen LogP contribution is -2.17. The van der Waals surface area contributed by atoms with Crippen LogP contribution in [0.3, 0.4) is 0 Å². The van der Waals surface area contributed by atoms with Crippen molar-refractivity contribution in [3.05, 3.63) is 65.7 Å². The van der Waals surface area contributed by atoms with E-state index in [9.17, 15) is 18.0 Å². The number of carbonyl (C=O) groups is 2. The van der Waals surface area contributed by atoms with Gasteiger partial charge in [-0.05, 0) is 12.1 Å². The van der Waals surface area contributed by atoms with Gasteiger partial charge >= 0.3 is 0 Å². The van der Waals surface area contributed by atoms with E-state index in [0.717, 1.165) is 11.3 Å². The van der Waals surface area contributed by atoms with E-state index < -0.39 is 10.0 Å². The highest BCUT2D eigenvalue weighted by Crippen LogP contribution is 2.26. The van der Waals surface area contributed by atoms with Gasteiger partial charge in [-0.15, -0.1) is 10.2 Å². The number of anilines is 2. The van der Waals surface area contributed by atoms with Crippen LogP contribution in [0.25, 0.3) is 0 Å². The summed E-state index contributed by atoms with van der Waals surface area (Å²) in [6.07, 6.45) is 0. The Kier molecular flexibility index (Phi) is 6.04. The Bertz CT molecular complexity index is 1140. The summed E-state index contributed by atoms with van der Waals surface area (Å²) in [5, 5.41) is 9.94. The maximum atomic E-state index is 12.8. The zero-order valence-electron chi connectivity index (χ0n) is 15.6. The first kappa shape index (κ1) is 20.6. The van der Waals surface area contributed by atoms with Gasteiger partial charge in [0.05, 0.1) is 5.69 Å². The third-order valence-corrected chi connectivity index (χ3v) is 6.41. The summed E-state index contributed by atoms with van der Waals surface area (Å²) in [7, 11) is -4.10. The molecule has 3 rings (SSSR count). The molecule has 0 aliphatic carbocycles. The Morgan fingerprint density at radius 1 is 0.966 bits per heavy atom. The van der Waals surface area contributed by atoms with E-state index in [1.807, 2.05) is 0 Å². The summed E-state index contributed by atoms with van der Waals surface area (Å²) < 4.78 is 27.5.